The highest BCUT2D eigenvalue weighted by atomic mass is 14.8. The zero-order valence-corrected chi connectivity index (χ0v) is 11.4. The van der Waals surface area contributed by atoms with Crippen LogP contribution in [0.3, 0.4) is 0 Å². The molecule has 5 atom stereocenters. The summed E-state index contributed by atoms with van der Waals surface area (Å²) in [6.07, 6.45) is 3.91. The quantitative estimate of drug-likeness (QED) is 0.751. The third-order valence-electron chi connectivity index (χ3n) is 5.75. The maximum atomic E-state index is 6.25. The van der Waals surface area contributed by atoms with Gasteiger partial charge in [-0.2, -0.15) is 0 Å². The molecule has 0 aromatic carbocycles. The fraction of sp³-hybridized carbons (Fsp3) is 1.00. The number of hydrogen-bond donors (Lipinski definition) is 1. The second kappa shape index (κ2) is 4.08. The molecule has 0 bridgehead atoms. The fourth-order valence-electron chi connectivity index (χ4n) is 4.51. The van der Waals surface area contributed by atoms with E-state index in [-0.39, 0.29) is 0 Å². The van der Waals surface area contributed by atoms with Crippen LogP contribution in [0.2, 0.25) is 0 Å². The lowest BCUT2D eigenvalue weighted by molar-refractivity contribution is -0.198. The second-order valence-electron chi connectivity index (χ2n) is 6.04. The lowest BCUT2D eigenvalue weighted by Crippen LogP contribution is -2.67. The van der Waals surface area contributed by atoms with Crippen molar-refractivity contribution in [3.8, 4) is 0 Å². The van der Waals surface area contributed by atoms with Crippen molar-refractivity contribution in [2.24, 2.45) is 28.4 Å². The van der Waals surface area contributed by atoms with Gasteiger partial charge in [0.2, 0.25) is 0 Å². The lowest BCUT2D eigenvalue weighted by Gasteiger charge is -2.69. The van der Waals surface area contributed by atoms with Crippen LogP contribution >= 0.6 is 0 Å². The molecule has 0 aromatic rings. The highest BCUT2D eigenvalue weighted by molar-refractivity contribution is 5.13. The predicted octanol–water partition coefficient (Wildman–Crippen LogP) is 3.82. The van der Waals surface area contributed by atoms with E-state index in [0.29, 0.717) is 16.9 Å². The van der Waals surface area contributed by atoms with E-state index in [1.54, 1.807) is 0 Å². The first kappa shape index (κ1) is 13.0. The molecule has 0 amide bonds. The van der Waals surface area contributed by atoms with Crippen molar-refractivity contribution < 1.29 is 0 Å². The monoisotopic (exact) mass is 211 g/mol. The zero-order valence-electron chi connectivity index (χ0n) is 11.4. The normalized spacial score (nSPS) is 47.4. The Kier molecular flexibility index (Phi) is 3.55. The Morgan fingerprint density at radius 1 is 1.27 bits per heavy atom. The smallest absolute Gasteiger partial charge is 0.00723 e. The SMILES string of the molecule is CCC[C@]1(C)C(CC)C(C)C1(C)C(C)N. The van der Waals surface area contributed by atoms with Crippen LogP contribution in [-0.2, 0) is 0 Å². The third kappa shape index (κ3) is 1.46. The Balaban J connectivity index is 2.98. The first-order chi connectivity index (χ1) is 6.86. The molecule has 0 heterocycles. The van der Waals surface area contributed by atoms with E-state index in [4.69, 9.17) is 5.73 Å². The predicted molar refractivity (Wildman–Crippen MR) is 67.7 cm³/mol. The molecule has 0 aliphatic heterocycles. The lowest BCUT2D eigenvalue weighted by atomic mass is 9.36. The van der Waals surface area contributed by atoms with Gasteiger partial charge in [0.05, 0.1) is 0 Å². The summed E-state index contributed by atoms with van der Waals surface area (Å²) in [5, 5.41) is 0. The minimum Gasteiger partial charge on any atom is -0.327 e. The van der Waals surface area contributed by atoms with Crippen LogP contribution in [0.15, 0.2) is 0 Å². The van der Waals surface area contributed by atoms with Crippen LogP contribution in [0.25, 0.3) is 0 Å². The first-order valence-electron chi connectivity index (χ1n) is 6.61. The van der Waals surface area contributed by atoms with E-state index in [1.807, 2.05) is 0 Å². The molecule has 1 heteroatoms. The van der Waals surface area contributed by atoms with Crippen LogP contribution in [0.5, 0.6) is 0 Å². The molecule has 0 spiro atoms. The molecule has 2 N–H and O–H groups in total. The molecule has 90 valence electrons. The van der Waals surface area contributed by atoms with Crippen molar-refractivity contribution in [3.05, 3.63) is 0 Å². The Labute approximate surface area is 95.8 Å². The van der Waals surface area contributed by atoms with Crippen LogP contribution in [0.1, 0.15) is 60.8 Å². The molecule has 1 saturated carbocycles. The number of rotatable bonds is 4. The van der Waals surface area contributed by atoms with Gasteiger partial charge in [-0.05, 0) is 36.0 Å². The van der Waals surface area contributed by atoms with E-state index in [1.165, 1.54) is 19.3 Å². The molecule has 15 heavy (non-hydrogen) atoms. The zero-order chi connectivity index (χ0) is 11.9. The van der Waals surface area contributed by atoms with Gasteiger partial charge in [0.25, 0.3) is 0 Å². The topological polar surface area (TPSA) is 26.0 Å². The van der Waals surface area contributed by atoms with Crippen molar-refractivity contribution in [1.29, 1.82) is 0 Å². The molecule has 0 aromatic heterocycles. The van der Waals surface area contributed by atoms with Crippen molar-refractivity contribution >= 4 is 0 Å². The average molecular weight is 211 g/mol. The van der Waals surface area contributed by atoms with Crippen LogP contribution in [0.4, 0.5) is 0 Å². The standard InChI is InChI=1S/C14H29N/c1-7-9-13(5)12(8-2)10(3)14(13,6)11(4)15/h10-12H,7-9,15H2,1-6H3/t10?,11?,12?,13-,14?/m1/s1. The molecular weight excluding hydrogens is 182 g/mol. The average Bonchev–Trinajstić information content (AvgIpc) is 2.17. The summed E-state index contributed by atoms with van der Waals surface area (Å²) in [4.78, 5) is 0. The summed E-state index contributed by atoms with van der Waals surface area (Å²) in [5.41, 5.74) is 7.04. The van der Waals surface area contributed by atoms with Gasteiger partial charge in [-0.3, -0.25) is 0 Å². The van der Waals surface area contributed by atoms with Gasteiger partial charge in [-0.1, -0.05) is 47.5 Å². The Bertz CT molecular complexity index is 223. The summed E-state index contributed by atoms with van der Waals surface area (Å²) in [6.45, 7) is 14.1. The summed E-state index contributed by atoms with van der Waals surface area (Å²) < 4.78 is 0. The van der Waals surface area contributed by atoms with Gasteiger partial charge < -0.3 is 5.73 Å². The molecule has 1 aliphatic carbocycles. The maximum Gasteiger partial charge on any atom is 0.00723 e. The number of hydrogen-bond acceptors (Lipinski definition) is 1. The van der Waals surface area contributed by atoms with E-state index < -0.39 is 0 Å². The van der Waals surface area contributed by atoms with E-state index in [0.717, 1.165) is 11.8 Å². The summed E-state index contributed by atoms with van der Waals surface area (Å²) in [5.74, 6) is 1.65. The minimum absolute atomic E-state index is 0.312. The highest BCUT2D eigenvalue weighted by Crippen LogP contribution is 2.68. The molecule has 1 rings (SSSR count). The third-order valence-corrected chi connectivity index (χ3v) is 5.75. The summed E-state index contributed by atoms with van der Waals surface area (Å²) >= 11 is 0. The van der Waals surface area contributed by atoms with E-state index >= 15 is 0 Å². The Morgan fingerprint density at radius 3 is 2.13 bits per heavy atom. The molecule has 1 nitrogen and oxygen atoms in total. The molecule has 1 fully saturated rings. The molecule has 4 unspecified atom stereocenters. The van der Waals surface area contributed by atoms with Crippen molar-refractivity contribution in [2.75, 3.05) is 0 Å². The second-order valence-corrected chi connectivity index (χ2v) is 6.04. The largest absolute Gasteiger partial charge is 0.327 e. The highest BCUT2D eigenvalue weighted by Gasteiger charge is 2.64. The number of nitrogens with two attached hydrogens (primary N) is 1. The van der Waals surface area contributed by atoms with Gasteiger partial charge in [0, 0.05) is 6.04 Å². The summed E-state index contributed by atoms with van der Waals surface area (Å²) in [6, 6.07) is 0.312. The van der Waals surface area contributed by atoms with Gasteiger partial charge in [0.15, 0.2) is 0 Å². The van der Waals surface area contributed by atoms with Gasteiger partial charge in [-0.25, -0.2) is 0 Å². The minimum atomic E-state index is 0.312. The molecular formula is C14H29N. The van der Waals surface area contributed by atoms with E-state index in [2.05, 4.69) is 41.5 Å². The van der Waals surface area contributed by atoms with Gasteiger partial charge in [-0.15, -0.1) is 0 Å². The van der Waals surface area contributed by atoms with Crippen molar-refractivity contribution in [1.82, 2.24) is 0 Å². The van der Waals surface area contributed by atoms with Crippen LogP contribution in [-0.4, -0.2) is 6.04 Å². The van der Waals surface area contributed by atoms with Gasteiger partial charge >= 0.3 is 0 Å². The molecule has 0 saturated heterocycles. The van der Waals surface area contributed by atoms with Crippen LogP contribution < -0.4 is 5.73 Å². The Morgan fingerprint density at radius 2 is 1.80 bits per heavy atom. The van der Waals surface area contributed by atoms with Crippen molar-refractivity contribution in [2.45, 2.75) is 66.8 Å². The van der Waals surface area contributed by atoms with Crippen LogP contribution in [0, 0.1) is 22.7 Å². The summed E-state index contributed by atoms with van der Waals surface area (Å²) in [7, 11) is 0. The fourth-order valence-corrected chi connectivity index (χ4v) is 4.51. The van der Waals surface area contributed by atoms with E-state index in [9.17, 15) is 0 Å². The molecule has 0 radical (unpaired) electrons. The Hall–Kier alpha value is -0.0400. The molecule has 1 aliphatic rings. The maximum absolute atomic E-state index is 6.25. The first-order valence-corrected chi connectivity index (χ1v) is 6.61. The van der Waals surface area contributed by atoms with Crippen molar-refractivity contribution in [3.63, 3.8) is 0 Å². The van der Waals surface area contributed by atoms with Gasteiger partial charge in [0.1, 0.15) is 0 Å².